The molecule has 0 aliphatic heterocycles. The van der Waals surface area contributed by atoms with E-state index in [2.05, 4.69) is 67.9 Å². The zero-order valence-corrected chi connectivity index (χ0v) is 18.7. The van der Waals surface area contributed by atoms with Gasteiger partial charge in [-0.2, -0.15) is 0 Å². The largest absolute Gasteiger partial charge is 0.483 e. The molecule has 0 aromatic heterocycles. The number of carbonyl (C=O) groups is 1. The monoisotopic (exact) mass is 584 g/mol. The summed E-state index contributed by atoms with van der Waals surface area (Å²) in [6, 6.07) is 23.6. The van der Waals surface area contributed by atoms with Crippen LogP contribution < -0.4 is 15.4 Å². The van der Waals surface area contributed by atoms with Crippen LogP contribution in [0.5, 0.6) is 5.75 Å². The number of para-hydroxylation sites is 1. The number of hydrogen-bond donors (Lipinski definition) is 2. The predicted molar refractivity (Wildman–Crippen MR) is 126 cm³/mol. The minimum absolute atomic E-state index is 0.0352. The number of anilines is 2. The molecule has 27 heavy (non-hydrogen) atoms. The molecule has 0 fully saturated rings. The van der Waals surface area contributed by atoms with E-state index in [4.69, 9.17) is 4.74 Å². The lowest BCUT2D eigenvalue weighted by molar-refractivity contribution is -0.118. The Morgan fingerprint density at radius 1 is 0.815 bits per heavy atom. The number of nitrogens with one attached hydrogen (secondary N) is 2. The second kappa shape index (κ2) is 9.93. The number of amides is 1. The van der Waals surface area contributed by atoms with Crippen molar-refractivity contribution in [3.63, 3.8) is 0 Å². The molecule has 138 valence electrons. The van der Waals surface area contributed by atoms with Crippen LogP contribution in [-0.4, -0.2) is 12.5 Å². The van der Waals surface area contributed by atoms with Gasteiger partial charge in [-0.1, -0.05) is 18.2 Å². The lowest BCUT2D eigenvalue weighted by Gasteiger charge is -2.13. The van der Waals surface area contributed by atoms with Gasteiger partial charge in [0, 0.05) is 30.6 Å². The number of rotatable bonds is 7. The molecule has 0 unspecified atom stereocenters. The van der Waals surface area contributed by atoms with Gasteiger partial charge in [-0.25, -0.2) is 0 Å². The molecule has 0 aliphatic rings. The SMILES string of the molecule is O=C(COc1ccccc1CNc1ccc(I)cc1)Nc1ccc(I)cc1. The number of hydrogen-bond acceptors (Lipinski definition) is 3. The maximum Gasteiger partial charge on any atom is 0.262 e. The van der Waals surface area contributed by atoms with E-state index in [1.165, 1.54) is 3.57 Å². The van der Waals surface area contributed by atoms with Gasteiger partial charge >= 0.3 is 0 Å². The van der Waals surface area contributed by atoms with Gasteiger partial charge in [0.15, 0.2) is 6.61 Å². The first kappa shape index (κ1) is 19.9. The van der Waals surface area contributed by atoms with Crippen LogP contribution >= 0.6 is 45.2 Å². The summed E-state index contributed by atoms with van der Waals surface area (Å²) in [5, 5.41) is 6.22. The molecule has 0 saturated carbocycles. The Morgan fingerprint density at radius 2 is 1.41 bits per heavy atom. The third kappa shape index (κ3) is 6.39. The second-order valence-corrected chi connectivity index (χ2v) is 8.30. The molecular weight excluding hydrogens is 566 g/mol. The van der Waals surface area contributed by atoms with Crippen molar-refractivity contribution in [1.29, 1.82) is 0 Å². The number of halogens is 2. The van der Waals surface area contributed by atoms with Crippen LogP contribution in [0.25, 0.3) is 0 Å². The van der Waals surface area contributed by atoms with Crippen LogP contribution in [0.4, 0.5) is 11.4 Å². The lowest BCUT2D eigenvalue weighted by atomic mass is 10.2. The third-order valence-corrected chi connectivity index (χ3v) is 5.22. The van der Waals surface area contributed by atoms with E-state index in [0.29, 0.717) is 12.3 Å². The molecular formula is C21H18I2N2O2. The number of benzene rings is 3. The Morgan fingerprint density at radius 3 is 2.07 bits per heavy atom. The molecule has 0 atom stereocenters. The van der Waals surface area contributed by atoms with Crippen LogP contribution in [0.15, 0.2) is 72.8 Å². The number of ether oxygens (including phenoxy) is 1. The van der Waals surface area contributed by atoms with Gasteiger partial charge in [0.1, 0.15) is 5.75 Å². The van der Waals surface area contributed by atoms with E-state index < -0.39 is 0 Å². The molecule has 3 aromatic carbocycles. The molecule has 2 N–H and O–H groups in total. The summed E-state index contributed by atoms with van der Waals surface area (Å²) in [6.07, 6.45) is 0. The summed E-state index contributed by atoms with van der Waals surface area (Å²) in [6.45, 7) is 0.585. The van der Waals surface area contributed by atoms with E-state index >= 15 is 0 Å². The van der Waals surface area contributed by atoms with E-state index in [0.717, 1.165) is 20.5 Å². The van der Waals surface area contributed by atoms with Gasteiger partial charge in [0.05, 0.1) is 0 Å². The van der Waals surface area contributed by atoms with Crippen LogP contribution in [-0.2, 0) is 11.3 Å². The van der Waals surface area contributed by atoms with Crippen LogP contribution in [0.3, 0.4) is 0 Å². The summed E-state index contributed by atoms with van der Waals surface area (Å²) < 4.78 is 8.06. The molecule has 1 amide bonds. The Balaban J connectivity index is 1.56. The molecule has 0 heterocycles. The maximum atomic E-state index is 12.1. The highest BCUT2D eigenvalue weighted by atomic mass is 127. The minimum atomic E-state index is -0.184. The fraction of sp³-hybridized carbons (Fsp3) is 0.0952. The summed E-state index contributed by atoms with van der Waals surface area (Å²) >= 11 is 4.51. The molecule has 0 spiro atoms. The first-order valence-corrected chi connectivity index (χ1v) is 10.5. The summed E-state index contributed by atoms with van der Waals surface area (Å²) in [5.41, 5.74) is 2.80. The van der Waals surface area contributed by atoms with E-state index in [9.17, 15) is 4.79 Å². The zero-order valence-electron chi connectivity index (χ0n) is 14.4. The molecule has 3 rings (SSSR count). The Hall–Kier alpha value is -1.81. The van der Waals surface area contributed by atoms with Crippen molar-refractivity contribution >= 4 is 62.5 Å². The summed E-state index contributed by atoms with van der Waals surface area (Å²) in [7, 11) is 0. The van der Waals surface area contributed by atoms with Crippen molar-refractivity contribution in [2.45, 2.75) is 6.54 Å². The van der Waals surface area contributed by atoms with Crippen molar-refractivity contribution in [1.82, 2.24) is 0 Å². The molecule has 0 bridgehead atoms. The van der Waals surface area contributed by atoms with Crippen molar-refractivity contribution in [3.05, 3.63) is 85.5 Å². The van der Waals surface area contributed by atoms with Gasteiger partial charge in [-0.05, 0) is 99.8 Å². The molecule has 0 radical (unpaired) electrons. The average molecular weight is 584 g/mol. The van der Waals surface area contributed by atoms with Crippen molar-refractivity contribution in [3.8, 4) is 5.75 Å². The topological polar surface area (TPSA) is 50.4 Å². The molecule has 6 heteroatoms. The molecule has 3 aromatic rings. The fourth-order valence-electron chi connectivity index (χ4n) is 2.43. The molecule has 4 nitrogen and oxygen atoms in total. The minimum Gasteiger partial charge on any atom is -0.483 e. The Kier molecular flexibility index (Phi) is 7.33. The van der Waals surface area contributed by atoms with Gasteiger partial charge in [0.25, 0.3) is 5.91 Å². The van der Waals surface area contributed by atoms with Gasteiger partial charge in [-0.3, -0.25) is 4.79 Å². The molecule has 0 aliphatic carbocycles. The van der Waals surface area contributed by atoms with E-state index in [1.807, 2.05) is 60.7 Å². The predicted octanol–water partition coefficient (Wildman–Crippen LogP) is 5.53. The third-order valence-electron chi connectivity index (χ3n) is 3.79. The smallest absolute Gasteiger partial charge is 0.262 e. The standard InChI is InChI=1S/C21H18I2N2O2/c22-16-5-9-18(10-6-16)24-13-15-3-1-2-4-20(15)27-14-21(26)25-19-11-7-17(23)8-12-19/h1-12,24H,13-14H2,(H,25,26). The normalized spacial score (nSPS) is 10.3. The Labute approximate surface area is 186 Å². The molecule has 0 saturated heterocycles. The Bertz CT molecular complexity index is 897. The van der Waals surface area contributed by atoms with Crippen molar-refractivity contribution in [2.24, 2.45) is 0 Å². The lowest BCUT2D eigenvalue weighted by Crippen LogP contribution is -2.20. The van der Waals surface area contributed by atoms with E-state index in [-0.39, 0.29) is 12.5 Å². The zero-order chi connectivity index (χ0) is 19.1. The van der Waals surface area contributed by atoms with Crippen LogP contribution in [0, 0.1) is 7.14 Å². The highest BCUT2D eigenvalue weighted by Crippen LogP contribution is 2.20. The van der Waals surface area contributed by atoms with Gasteiger partial charge in [0.2, 0.25) is 0 Å². The van der Waals surface area contributed by atoms with Crippen LogP contribution in [0.1, 0.15) is 5.56 Å². The number of carbonyl (C=O) groups excluding carboxylic acids is 1. The summed E-state index contributed by atoms with van der Waals surface area (Å²) in [4.78, 5) is 12.1. The van der Waals surface area contributed by atoms with Gasteiger partial charge < -0.3 is 15.4 Å². The first-order chi connectivity index (χ1) is 13.1. The van der Waals surface area contributed by atoms with Crippen molar-refractivity contribution < 1.29 is 9.53 Å². The fourth-order valence-corrected chi connectivity index (χ4v) is 3.15. The average Bonchev–Trinajstić information content (AvgIpc) is 2.68. The van der Waals surface area contributed by atoms with E-state index in [1.54, 1.807) is 0 Å². The first-order valence-electron chi connectivity index (χ1n) is 8.36. The quantitative estimate of drug-likeness (QED) is 0.360. The highest BCUT2D eigenvalue weighted by molar-refractivity contribution is 14.1. The second-order valence-electron chi connectivity index (χ2n) is 5.81. The van der Waals surface area contributed by atoms with Gasteiger partial charge in [-0.15, -0.1) is 0 Å². The maximum absolute atomic E-state index is 12.1. The highest BCUT2D eigenvalue weighted by Gasteiger charge is 2.07. The summed E-state index contributed by atoms with van der Waals surface area (Å²) in [5.74, 6) is 0.518. The van der Waals surface area contributed by atoms with Crippen LogP contribution in [0.2, 0.25) is 0 Å². The van der Waals surface area contributed by atoms with Crippen molar-refractivity contribution in [2.75, 3.05) is 17.2 Å².